The fourth-order valence-electron chi connectivity index (χ4n) is 1.71. The normalized spacial score (nSPS) is 10.7. The van der Waals surface area contributed by atoms with E-state index < -0.39 is 0 Å². The minimum atomic E-state index is 1.04. The van der Waals surface area contributed by atoms with Gasteiger partial charge in [-0.05, 0) is 12.1 Å². The highest BCUT2D eigenvalue weighted by Crippen LogP contribution is 2.07. The van der Waals surface area contributed by atoms with E-state index in [-0.39, 0.29) is 0 Å². The molecule has 0 atom stereocenters. The largest absolute Gasteiger partial charge is 0.260 e. The van der Waals surface area contributed by atoms with Gasteiger partial charge in [-0.3, -0.25) is 4.98 Å². The zero-order valence-corrected chi connectivity index (χ0v) is 8.09. The van der Waals surface area contributed by atoms with Crippen molar-refractivity contribution in [1.82, 2.24) is 9.97 Å². The summed E-state index contributed by atoms with van der Waals surface area (Å²) >= 11 is 0. The number of aromatic nitrogens is 3. The average molecular weight is 196 g/mol. The van der Waals surface area contributed by atoms with Crippen molar-refractivity contribution >= 4 is 11.0 Å². The Labute approximate surface area is 87.0 Å². The van der Waals surface area contributed by atoms with Crippen molar-refractivity contribution in [2.75, 3.05) is 0 Å². The number of nitrogens with one attached hydrogen (secondary N) is 1. The average Bonchev–Trinajstić information content (AvgIpc) is 2.74. The second-order valence-electron chi connectivity index (χ2n) is 3.37. The third-order valence-electron chi connectivity index (χ3n) is 2.44. The van der Waals surface area contributed by atoms with Crippen molar-refractivity contribution in [1.29, 1.82) is 0 Å². The molecular formula is C12H10N3+. The van der Waals surface area contributed by atoms with E-state index in [0.717, 1.165) is 16.7 Å². The molecule has 0 bridgehead atoms. The van der Waals surface area contributed by atoms with Crippen molar-refractivity contribution in [3.05, 3.63) is 55.1 Å². The first kappa shape index (κ1) is 8.17. The first-order valence-corrected chi connectivity index (χ1v) is 4.83. The zero-order chi connectivity index (χ0) is 10.1. The number of para-hydroxylation sites is 1. The van der Waals surface area contributed by atoms with E-state index in [4.69, 9.17) is 0 Å². The van der Waals surface area contributed by atoms with Gasteiger partial charge in [0.05, 0.1) is 6.20 Å². The van der Waals surface area contributed by atoms with Crippen molar-refractivity contribution < 1.29 is 4.57 Å². The van der Waals surface area contributed by atoms with Gasteiger partial charge in [-0.25, -0.2) is 4.98 Å². The molecule has 0 saturated carbocycles. The molecule has 0 unspecified atom stereocenters. The molecule has 3 heteroatoms. The van der Waals surface area contributed by atoms with Crippen LogP contribution in [0.1, 0.15) is 0 Å². The van der Waals surface area contributed by atoms with Crippen LogP contribution in [-0.4, -0.2) is 9.97 Å². The predicted molar refractivity (Wildman–Crippen MR) is 57.6 cm³/mol. The molecule has 1 N–H and O–H groups in total. The molecular weight excluding hydrogens is 186 g/mol. The van der Waals surface area contributed by atoms with Crippen LogP contribution >= 0.6 is 0 Å². The zero-order valence-electron chi connectivity index (χ0n) is 8.09. The molecule has 0 aliphatic rings. The van der Waals surface area contributed by atoms with Gasteiger partial charge in [0.2, 0.25) is 6.33 Å². The molecule has 3 aromatic rings. The van der Waals surface area contributed by atoms with Gasteiger partial charge < -0.3 is 0 Å². The van der Waals surface area contributed by atoms with Gasteiger partial charge in [0.15, 0.2) is 11.0 Å². The summed E-state index contributed by atoms with van der Waals surface area (Å²) in [5, 5.41) is 0. The van der Waals surface area contributed by atoms with E-state index in [0.29, 0.717) is 0 Å². The third-order valence-corrected chi connectivity index (χ3v) is 2.44. The Kier molecular flexibility index (Phi) is 1.75. The van der Waals surface area contributed by atoms with Crippen LogP contribution in [0.25, 0.3) is 16.7 Å². The molecule has 0 radical (unpaired) electrons. The molecule has 0 spiro atoms. The van der Waals surface area contributed by atoms with Gasteiger partial charge in [0, 0.05) is 12.3 Å². The van der Waals surface area contributed by atoms with Gasteiger partial charge in [0.25, 0.3) is 0 Å². The Morgan fingerprint density at radius 2 is 1.93 bits per heavy atom. The van der Waals surface area contributed by atoms with E-state index >= 15 is 0 Å². The maximum Gasteiger partial charge on any atom is 0.247 e. The van der Waals surface area contributed by atoms with Gasteiger partial charge in [0.1, 0.15) is 5.69 Å². The number of imidazole rings is 1. The fraction of sp³-hybridized carbons (Fsp3) is 0. The Morgan fingerprint density at radius 1 is 1.07 bits per heavy atom. The molecule has 2 heterocycles. The second-order valence-corrected chi connectivity index (χ2v) is 3.37. The van der Waals surface area contributed by atoms with Crippen LogP contribution in [0.2, 0.25) is 0 Å². The van der Waals surface area contributed by atoms with E-state index in [1.165, 1.54) is 0 Å². The standard InChI is InChI=1S/C12H9N3/c1-2-4-10(5-3-1)15-9-14-11-8-13-7-6-12(11)15/h1-9H/p+1. The third kappa shape index (κ3) is 1.29. The summed E-state index contributed by atoms with van der Waals surface area (Å²) in [5.41, 5.74) is 3.33. The van der Waals surface area contributed by atoms with Crippen LogP contribution in [0.15, 0.2) is 55.1 Å². The topological polar surface area (TPSA) is 32.6 Å². The minimum Gasteiger partial charge on any atom is -0.260 e. The Morgan fingerprint density at radius 3 is 2.80 bits per heavy atom. The van der Waals surface area contributed by atoms with Gasteiger partial charge in [-0.15, -0.1) is 0 Å². The highest BCUT2D eigenvalue weighted by Gasteiger charge is 2.09. The maximum atomic E-state index is 4.08. The van der Waals surface area contributed by atoms with Gasteiger partial charge in [-0.2, -0.15) is 4.57 Å². The molecule has 3 nitrogen and oxygen atoms in total. The molecule has 72 valence electrons. The summed E-state index contributed by atoms with van der Waals surface area (Å²) in [6.45, 7) is 0. The van der Waals surface area contributed by atoms with E-state index in [2.05, 4.69) is 26.7 Å². The molecule has 0 saturated heterocycles. The number of fused-ring (bicyclic) bond motifs is 1. The summed E-state index contributed by atoms with van der Waals surface area (Å²) in [5.74, 6) is 0. The first-order valence-electron chi connectivity index (χ1n) is 4.83. The van der Waals surface area contributed by atoms with Crippen molar-refractivity contribution in [2.45, 2.75) is 0 Å². The summed E-state index contributed by atoms with van der Waals surface area (Å²) in [6, 6.07) is 12.2. The number of aromatic amines is 1. The summed E-state index contributed by atoms with van der Waals surface area (Å²) in [7, 11) is 0. The van der Waals surface area contributed by atoms with Crippen molar-refractivity contribution in [2.24, 2.45) is 0 Å². The predicted octanol–water partition coefficient (Wildman–Crippen LogP) is 1.84. The number of pyridine rings is 1. The van der Waals surface area contributed by atoms with Crippen LogP contribution in [0.4, 0.5) is 0 Å². The van der Waals surface area contributed by atoms with Crippen molar-refractivity contribution in [3.63, 3.8) is 0 Å². The fourth-order valence-corrected chi connectivity index (χ4v) is 1.71. The molecule has 2 aromatic heterocycles. The van der Waals surface area contributed by atoms with Gasteiger partial charge >= 0.3 is 0 Å². The van der Waals surface area contributed by atoms with Crippen LogP contribution in [0.3, 0.4) is 0 Å². The van der Waals surface area contributed by atoms with Crippen molar-refractivity contribution in [3.8, 4) is 5.69 Å². The SMILES string of the molecule is c1ccc(-[n+]2c[nH]c3cnccc32)cc1. The molecule has 0 aliphatic carbocycles. The van der Waals surface area contributed by atoms with Crippen LogP contribution in [0, 0.1) is 0 Å². The Bertz CT molecular complexity index is 584. The summed E-state index contributed by atoms with van der Waals surface area (Å²) in [4.78, 5) is 7.26. The van der Waals surface area contributed by atoms with E-state index in [1.54, 1.807) is 6.20 Å². The molecule has 0 amide bonds. The Balaban J connectivity index is 2.28. The highest BCUT2D eigenvalue weighted by molar-refractivity contribution is 5.69. The Hall–Kier alpha value is -2.16. The van der Waals surface area contributed by atoms with Crippen LogP contribution in [0.5, 0.6) is 0 Å². The second kappa shape index (κ2) is 3.20. The molecule has 15 heavy (non-hydrogen) atoms. The lowest BCUT2D eigenvalue weighted by Gasteiger charge is -1.95. The number of hydrogen-bond donors (Lipinski definition) is 1. The molecule has 3 rings (SSSR count). The number of rotatable bonds is 1. The molecule has 0 aliphatic heterocycles. The molecule has 0 fully saturated rings. The first-order chi connectivity index (χ1) is 7.45. The monoisotopic (exact) mass is 196 g/mol. The maximum absolute atomic E-state index is 4.08. The smallest absolute Gasteiger partial charge is 0.247 e. The quantitative estimate of drug-likeness (QED) is 0.592. The lowest BCUT2D eigenvalue weighted by atomic mass is 10.3. The summed E-state index contributed by atoms with van der Waals surface area (Å²) < 4.78 is 2.11. The van der Waals surface area contributed by atoms with Gasteiger partial charge in [-0.1, -0.05) is 18.2 Å². The minimum absolute atomic E-state index is 1.04. The van der Waals surface area contributed by atoms with Crippen LogP contribution < -0.4 is 4.57 Å². The summed E-state index contributed by atoms with van der Waals surface area (Å²) in [6.07, 6.45) is 5.58. The number of H-pyrrole nitrogens is 1. The van der Waals surface area contributed by atoms with E-state index in [9.17, 15) is 0 Å². The van der Waals surface area contributed by atoms with E-state index in [1.807, 2.05) is 36.8 Å². The molecule has 1 aromatic carbocycles. The lowest BCUT2D eigenvalue weighted by molar-refractivity contribution is -0.567. The number of benzene rings is 1. The number of nitrogens with zero attached hydrogens (tertiary/aromatic N) is 2. The number of hydrogen-bond acceptors (Lipinski definition) is 1. The lowest BCUT2D eigenvalue weighted by Crippen LogP contribution is -2.28. The highest BCUT2D eigenvalue weighted by atomic mass is 15.1. The van der Waals surface area contributed by atoms with Crippen LogP contribution in [-0.2, 0) is 0 Å².